The van der Waals surface area contributed by atoms with Gasteiger partial charge in [-0.05, 0) is 79.5 Å². The highest BCUT2D eigenvalue weighted by Gasteiger charge is 2.17. The number of thioether (sulfide) groups is 1. The van der Waals surface area contributed by atoms with Crippen LogP contribution in [0.5, 0.6) is 0 Å². The molecule has 1 aliphatic rings. The molecule has 3 nitrogen and oxygen atoms in total. The molecule has 2 aromatic rings. The topological polar surface area (TPSA) is 46.2 Å². The van der Waals surface area contributed by atoms with E-state index in [0.29, 0.717) is 10.6 Å². The van der Waals surface area contributed by atoms with Gasteiger partial charge in [0.1, 0.15) is 0 Å². The fraction of sp³-hybridized carbons (Fsp3) is 0.294. The highest BCUT2D eigenvalue weighted by Crippen LogP contribution is 2.25. The maximum absolute atomic E-state index is 12.5. The van der Waals surface area contributed by atoms with E-state index in [1.165, 1.54) is 17.5 Å². The number of anilines is 1. The van der Waals surface area contributed by atoms with Gasteiger partial charge in [-0.1, -0.05) is 6.07 Å². The standard InChI is InChI=1S/C17H19NO2S2/c1-21-16-9-7-15(8-10-16)18-22(19,20)17-11-6-13-4-2-3-5-14(13)12-17/h6-12,18H,2-5H2,1H3. The number of benzene rings is 2. The molecule has 0 spiro atoms. The molecule has 0 fully saturated rings. The lowest BCUT2D eigenvalue weighted by molar-refractivity contribution is 0.600. The van der Waals surface area contributed by atoms with E-state index in [-0.39, 0.29) is 0 Å². The minimum Gasteiger partial charge on any atom is -0.280 e. The van der Waals surface area contributed by atoms with Crippen molar-refractivity contribution in [2.75, 3.05) is 11.0 Å². The van der Waals surface area contributed by atoms with Crippen molar-refractivity contribution in [3.05, 3.63) is 53.6 Å². The summed E-state index contributed by atoms with van der Waals surface area (Å²) >= 11 is 1.63. The summed E-state index contributed by atoms with van der Waals surface area (Å²) in [4.78, 5) is 1.46. The van der Waals surface area contributed by atoms with E-state index in [1.807, 2.05) is 30.5 Å². The van der Waals surface area contributed by atoms with Crippen LogP contribution in [0, 0.1) is 0 Å². The predicted molar refractivity (Wildman–Crippen MR) is 92.1 cm³/mol. The van der Waals surface area contributed by atoms with Crippen LogP contribution in [0.15, 0.2) is 52.3 Å². The van der Waals surface area contributed by atoms with Crippen molar-refractivity contribution in [3.63, 3.8) is 0 Å². The first-order chi connectivity index (χ1) is 10.6. The summed E-state index contributed by atoms with van der Waals surface area (Å²) in [5.74, 6) is 0. The third-order valence-corrected chi connectivity index (χ3v) is 6.10. The molecule has 22 heavy (non-hydrogen) atoms. The minimum atomic E-state index is -3.52. The van der Waals surface area contributed by atoms with Gasteiger partial charge in [-0.25, -0.2) is 8.42 Å². The van der Waals surface area contributed by atoms with E-state index in [9.17, 15) is 8.42 Å². The normalized spacial score (nSPS) is 14.4. The molecular weight excluding hydrogens is 314 g/mol. The SMILES string of the molecule is CSc1ccc(NS(=O)(=O)c2ccc3c(c2)CCCC3)cc1. The van der Waals surface area contributed by atoms with Gasteiger partial charge in [-0.2, -0.15) is 0 Å². The second-order valence-electron chi connectivity index (χ2n) is 5.47. The van der Waals surface area contributed by atoms with Crippen molar-refractivity contribution in [2.45, 2.75) is 35.5 Å². The van der Waals surface area contributed by atoms with E-state index in [0.717, 1.165) is 24.2 Å². The van der Waals surface area contributed by atoms with E-state index < -0.39 is 10.0 Å². The van der Waals surface area contributed by atoms with Gasteiger partial charge in [0, 0.05) is 10.6 Å². The summed E-state index contributed by atoms with van der Waals surface area (Å²) in [6, 6.07) is 12.9. The van der Waals surface area contributed by atoms with E-state index in [1.54, 1.807) is 30.0 Å². The fourth-order valence-electron chi connectivity index (χ4n) is 2.75. The van der Waals surface area contributed by atoms with Gasteiger partial charge < -0.3 is 0 Å². The lowest BCUT2D eigenvalue weighted by atomic mass is 9.92. The third kappa shape index (κ3) is 3.31. The van der Waals surface area contributed by atoms with E-state index >= 15 is 0 Å². The van der Waals surface area contributed by atoms with Crippen LogP contribution in [0.1, 0.15) is 24.0 Å². The predicted octanol–water partition coefficient (Wildman–Crippen LogP) is 4.09. The molecule has 1 N–H and O–H groups in total. The van der Waals surface area contributed by atoms with Crippen LogP contribution in [-0.2, 0) is 22.9 Å². The van der Waals surface area contributed by atoms with Crippen molar-refractivity contribution in [2.24, 2.45) is 0 Å². The quantitative estimate of drug-likeness (QED) is 0.857. The Bertz CT molecular complexity index is 768. The molecule has 0 saturated carbocycles. The molecule has 0 radical (unpaired) electrons. The molecule has 0 unspecified atom stereocenters. The maximum Gasteiger partial charge on any atom is 0.261 e. The largest absolute Gasteiger partial charge is 0.280 e. The van der Waals surface area contributed by atoms with Crippen LogP contribution < -0.4 is 4.72 Å². The van der Waals surface area contributed by atoms with Gasteiger partial charge in [0.2, 0.25) is 0 Å². The minimum absolute atomic E-state index is 0.349. The molecule has 0 aromatic heterocycles. The number of sulfonamides is 1. The zero-order chi connectivity index (χ0) is 15.6. The summed E-state index contributed by atoms with van der Waals surface area (Å²) in [5.41, 5.74) is 3.05. The van der Waals surface area contributed by atoms with Crippen LogP contribution in [0.3, 0.4) is 0 Å². The molecule has 0 aliphatic heterocycles. The fourth-order valence-corrected chi connectivity index (χ4v) is 4.27. The highest BCUT2D eigenvalue weighted by atomic mass is 32.2. The zero-order valence-electron chi connectivity index (χ0n) is 12.5. The van der Waals surface area contributed by atoms with Crippen molar-refractivity contribution in [1.82, 2.24) is 0 Å². The molecule has 0 atom stereocenters. The molecule has 3 rings (SSSR count). The number of aryl methyl sites for hydroxylation is 2. The first-order valence-electron chi connectivity index (χ1n) is 7.37. The molecular formula is C17H19NO2S2. The average molecular weight is 333 g/mol. The number of nitrogens with one attached hydrogen (secondary N) is 1. The maximum atomic E-state index is 12.5. The first-order valence-corrected chi connectivity index (χ1v) is 10.1. The Hall–Kier alpha value is -1.46. The Labute approximate surface area is 136 Å². The molecule has 0 heterocycles. The van der Waals surface area contributed by atoms with Gasteiger partial charge in [-0.15, -0.1) is 11.8 Å². The van der Waals surface area contributed by atoms with Crippen LogP contribution >= 0.6 is 11.8 Å². The van der Waals surface area contributed by atoms with E-state index in [4.69, 9.17) is 0 Å². The first kappa shape index (κ1) is 15.4. The van der Waals surface area contributed by atoms with Gasteiger partial charge in [0.25, 0.3) is 10.0 Å². The van der Waals surface area contributed by atoms with Gasteiger partial charge in [0.15, 0.2) is 0 Å². The van der Waals surface area contributed by atoms with Crippen LogP contribution in [0.25, 0.3) is 0 Å². The Morgan fingerprint density at radius 1 is 0.955 bits per heavy atom. The number of rotatable bonds is 4. The molecule has 0 saturated heterocycles. The highest BCUT2D eigenvalue weighted by molar-refractivity contribution is 7.98. The lowest BCUT2D eigenvalue weighted by Crippen LogP contribution is -2.14. The number of fused-ring (bicyclic) bond motifs is 1. The molecule has 5 heteroatoms. The molecule has 116 valence electrons. The zero-order valence-corrected chi connectivity index (χ0v) is 14.1. The second kappa shape index (κ2) is 6.34. The molecule has 1 aliphatic carbocycles. The second-order valence-corrected chi connectivity index (χ2v) is 8.03. The van der Waals surface area contributed by atoms with Gasteiger partial charge >= 0.3 is 0 Å². The van der Waals surface area contributed by atoms with Crippen molar-refractivity contribution in [3.8, 4) is 0 Å². The summed E-state index contributed by atoms with van der Waals surface area (Å²) < 4.78 is 27.7. The summed E-state index contributed by atoms with van der Waals surface area (Å²) in [7, 11) is -3.52. The Morgan fingerprint density at radius 3 is 2.32 bits per heavy atom. The number of hydrogen-bond acceptors (Lipinski definition) is 3. The van der Waals surface area contributed by atoms with Crippen LogP contribution in [-0.4, -0.2) is 14.7 Å². The Kier molecular flexibility index (Phi) is 4.45. The monoisotopic (exact) mass is 333 g/mol. The van der Waals surface area contributed by atoms with Crippen molar-refractivity contribution in [1.29, 1.82) is 0 Å². The number of hydrogen-bond donors (Lipinski definition) is 1. The van der Waals surface area contributed by atoms with Crippen molar-refractivity contribution < 1.29 is 8.42 Å². The van der Waals surface area contributed by atoms with E-state index in [2.05, 4.69) is 4.72 Å². The summed E-state index contributed by atoms with van der Waals surface area (Å²) in [6.07, 6.45) is 6.35. The summed E-state index contributed by atoms with van der Waals surface area (Å²) in [6.45, 7) is 0. The summed E-state index contributed by atoms with van der Waals surface area (Å²) in [5, 5.41) is 0. The third-order valence-electron chi connectivity index (χ3n) is 3.97. The Balaban J connectivity index is 1.85. The molecule has 2 aromatic carbocycles. The Morgan fingerprint density at radius 2 is 1.64 bits per heavy atom. The molecule has 0 amide bonds. The smallest absolute Gasteiger partial charge is 0.261 e. The van der Waals surface area contributed by atoms with Crippen LogP contribution in [0.4, 0.5) is 5.69 Å². The lowest BCUT2D eigenvalue weighted by Gasteiger charge is -2.17. The average Bonchev–Trinajstić information content (AvgIpc) is 2.55. The van der Waals surface area contributed by atoms with Gasteiger partial charge in [-0.3, -0.25) is 4.72 Å². The molecule has 0 bridgehead atoms. The van der Waals surface area contributed by atoms with Crippen molar-refractivity contribution >= 4 is 27.5 Å². The van der Waals surface area contributed by atoms with Crippen LogP contribution in [0.2, 0.25) is 0 Å². The van der Waals surface area contributed by atoms with Gasteiger partial charge in [0.05, 0.1) is 4.90 Å².